The summed E-state index contributed by atoms with van der Waals surface area (Å²) in [5.74, 6) is -2.46. The third-order valence-corrected chi connectivity index (χ3v) is 4.62. The third-order valence-electron chi connectivity index (χ3n) is 3.95. The summed E-state index contributed by atoms with van der Waals surface area (Å²) in [7, 11) is 0. The van der Waals surface area contributed by atoms with Gasteiger partial charge >= 0.3 is 11.9 Å². The Morgan fingerprint density at radius 2 is 2.00 bits per heavy atom. The number of thiazole rings is 1. The normalized spacial score (nSPS) is 16.6. The fourth-order valence-electron chi connectivity index (χ4n) is 2.35. The van der Waals surface area contributed by atoms with Crippen LogP contribution in [0, 0.1) is 0 Å². The van der Waals surface area contributed by atoms with Crippen LogP contribution in [0.25, 0.3) is 0 Å². The summed E-state index contributed by atoms with van der Waals surface area (Å²) in [6, 6.07) is 5.42. The number of oxime groups is 1. The van der Waals surface area contributed by atoms with Crippen LogP contribution in [0.3, 0.4) is 0 Å². The summed E-state index contributed by atoms with van der Waals surface area (Å²) < 4.78 is 0. The van der Waals surface area contributed by atoms with Crippen LogP contribution in [0.4, 0.5) is 5.13 Å². The summed E-state index contributed by atoms with van der Waals surface area (Å²) in [5, 5.41) is 34.2. The molecule has 31 heavy (non-hydrogen) atoms. The molecule has 0 radical (unpaired) electrons. The number of carbonyl (C=O) groups excluding carboxylic acids is 1. The molecule has 1 unspecified atom stereocenters. The maximum atomic E-state index is 11.2. The van der Waals surface area contributed by atoms with Crippen molar-refractivity contribution >= 4 is 40.0 Å². The predicted molar refractivity (Wildman–Crippen MR) is 111 cm³/mol. The average molecular weight is 451 g/mol. The molecule has 0 aliphatic carbocycles. The maximum Gasteiger partial charge on any atom is 0.360 e. The van der Waals surface area contributed by atoms with Gasteiger partial charge in [-0.25, -0.2) is 9.78 Å². The standard InChI is InChI=1S/C9H10N4O4S.C9H11NO3/c10-9-12-4(3-18-9)6(8(15)16)13-17-5-1-2-11-7(5)14;10-8(9(12)13)5-6-1-3-7(11)4-2-6/h3,5H,1-2H2,(H2,10,12)(H,11,14)(H,15,16);1-4,8,11H,5,10H2,(H,12,13)/b13-6-;/t5-;/m0./s1. The number of carbonyl (C=O) groups is 3. The van der Waals surface area contributed by atoms with Crippen LogP contribution >= 0.6 is 11.3 Å². The van der Waals surface area contributed by atoms with Crippen molar-refractivity contribution in [2.24, 2.45) is 10.9 Å². The summed E-state index contributed by atoms with van der Waals surface area (Å²) in [5.41, 5.74) is 11.3. The lowest BCUT2D eigenvalue weighted by atomic mass is 10.1. The number of carboxylic acid groups (broad SMARTS) is 2. The van der Waals surface area contributed by atoms with E-state index in [2.05, 4.69) is 15.5 Å². The second-order valence-corrected chi connectivity index (χ2v) is 7.19. The number of carboxylic acids is 2. The van der Waals surface area contributed by atoms with Crippen LogP contribution in [0.15, 0.2) is 34.8 Å². The number of aromatic nitrogens is 1. The number of phenolic OH excluding ortho intramolecular Hbond substituents is 1. The van der Waals surface area contributed by atoms with Crippen molar-refractivity contribution in [1.82, 2.24) is 10.3 Å². The Balaban J connectivity index is 0.000000233. The molecule has 1 aromatic heterocycles. The monoisotopic (exact) mass is 451 g/mol. The zero-order valence-electron chi connectivity index (χ0n) is 16.1. The van der Waals surface area contributed by atoms with Gasteiger partial charge in [-0.1, -0.05) is 17.3 Å². The van der Waals surface area contributed by atoms with Crippen molar-refractivity contribution in [2.45, 2.75) is 25.0 Å². The van der Waals surface area contributed by atoms with Gasteiger partial charge in [-0.2, -0.15) is 0 Å². The third kappa shape index (κ3) is 7.24. The van der Waals surface area contributed by atoms with Gasteiger partial charge in [0.2, 0.25) is 11.8 Å². The number of rotatable bonds is 7. The molecule has 8 N–H and O–H groups in total. The topological polar surface area (TPSA) is 210 Å². The van der Waals surface area contributed by atoms with Gasteiger partial charge in [0, 0.05) is 18.3 Å². The molecule has 3 rings (SSSR count). The zero-order valence-corrected chi connectivity index (χ0v) is 16.9. The van der Waals surface area contributed by atoms with Crippen LogP contribution in [0.2, 0.25) is 0 Å². The molecule has 2 atom stereocenters. The highest BCUT2D eigenvalue weighted by Crippen LogP contribution is 2.14. The van der Waals surface area contributed by atoms with E-state index in [4.69, 9.17) is 31.6 Å². The van der Waals surface area contributed by atoms with Crippen LogP contribution < -0.4 is 16.8 Å². The molecule has 0 saturated carbocycles. The number of nitrogens with zero attached hydrogens (tertiary/aromatic N) is 2. The van der Waals surface area contributed by atoms with E-state index in [-0.39, 0.29) is 34.6 Å². The molecule has 1 saturated heterocycles. The van der Waals surface area contributed by atoms with Crippen LogP contribution in [-0.2, 0) is 25.6 Å². The predicted octanol–water partition coefficient (Wildman–Crippen LogP) is -0.234. The number of phenols is 1. The van der Waals surface area contributed by atoms with Gasteiger partial charge in [0.1, 0.15) is 17.5 Å². The Morgan fingerprint density at radius 3 is 2.48 bits per heavy atom. The Hall–Kier alpha value is -3.71. The van der Waals surface area contributed by atoms with Crippen molar-refractivity contribution < 1.29 is 34.5 Å². The molecule has 1 aromatic carbocycles. The van der Waals surface area contributed by atoms with Gasteiger partial charge in [-0.05, 0) is 24.1 Å². The second kappa shape index (κ2) is 10.9. The van der Waals surface area contributed by atoms with Crippen LogP contribution in [0.1, 0.15) is 17.7 Å². The summed E-state index contributed by atoms with van der Waals surface area (Å²) in [4.78, 5) is 41.3. The lowest BCUT2D eigenvalue weighted by molar-refractivity contribution is -0.138. The van der Waals surface area contributed by atoms with Gasteiger partial charge < -0.3 is 36.9 Å². The van der Waals surface area contributed by atoms with Crippen molar-refractivity contribution in [3.63, 3.8) is 0 Å². The molecule has 166 valence electrons. The Labute approximate surface area is 180 Å². The second-order valence-electron chi connectivity index (χ2n) is 6.31. The maximum absolute atomic E-state index is 11.2. The molecule has 0 bridgehead atoms. The fourth-order valence-corrected chi connectivity index (χ4v) is 2.90. The molecule has 1 fully saturated rings. The Bertz CT molecular complexity index is 960. The molecular weight excluding hydrogens is 430 g/mol. The summed E-state index contributed by atoms with van der Waals surface area (Å²) >= 11 is 1.10. The first-order valence-corrected chi connectivity index (χ1v) is 9.77. The SMILES string of the molecule is NC(Cc1ccc(O)cc1)C(=O)O.Nc1nc(/C(=N/O[C@H]2CCNC2=O)C(=O)O)cs1. The fraction of sp³-hybridized carbons (Fsp3) is 0.278. The van der Waals surface area contributed by atoms with E-state index < -0.39 is 24.1 Å². The number of benzene rings is 1. The molecule has 12 nitrogen and oxygen atoms in total. The number of hydrogen-bond acceptors (Lipinski definition) is 10. The number of hydrogen-bond donors (Lipinski definition) is 6. The number of anilines is 1. The number of amides is 1. The minimum Gasteiger partial charge on any atom is -0.508 e. The van der Waals surface area contributed by atoms with Gasteiger partial charge in [0.15, 0.2) is 5.13 Å². The average Bonchev–Trinajstić information content (AvgIpc) is 3.32. The van der Waals surface area contributed by atoms with Crippen molar-refractivity contribution in [3.05, 3.63) is 40.9 Å². The minimum atomic E-state index is -1.29. The highest BCUT2D eigenvalue weighted by atomic mass is 32.1. The molecule has 2 heterocycles. The van der Waals surface area contributed by atoms with Gasteiger partial charge in [0.25, 0.3) is 5.91 Å². The van der Waals surface area contributed by atoms with Crippen LogP contribution in [0.5, 0.6) is 5.75 Å². The van der Waals surface area contributed by atoms with Crippen molar-refractivity contribution in [1.29, 1.82) is 0 Å². The number of aromatic hydroxyl groups is 1. The highest BCUT2D eigenvalue weighted by Gasteiger charge is 2.27. The molecule has 1 amide bonds. The number of nitrogens with one attached hydrogen (secondary N) is 1. The van der Waals surface area contributed by atoms with E-state index in [1.807, 2.05) is 0 Å². The number of aliphatic carboxylic acids is 2. The Morgan fingerprint density at radius 1 is 1.32 bits per heavy atom. The van der Waals surface area contributed by atoms with E-state index in [0.717, 1.165) is 16.9 Å². The van der Waals surface area contributed by atoms with E-state index in [0.29, 0.717) is 13.0 Å². The lowest BCUT2D eigenvalue weighted by Crippen LogP contribution is -2.32. The number of nitrogens with two attached hydrogens (primary N) is 2. The molecular formula is C18H21N5O7S. The van der Waals surface area contributed by atoms with Crippen molar-refractivity contribution in [2.75, 3.05) is 12.3 Å². The van der Waals surface area contributed by atoms with Gasteiger partial charge in [-0.15, -0.1) is 11.3 Å². The highest BCUT2D eigenvalue weighted by molar-refractivity contribution is 7.13. The first-order valence-electron chi connectivity index (χ1n) is 8.90. The van der Waals surface area contributed by atoms with Crippen molar-refractivity contribution in [3.8, 4) is 5.75 Å². The van der Waals surface area contributed by atoms with E-state index >= 15 is 0 Å². The smallest absolute Gasteiger partial charge is 0.360 e. The minimum absolute atomic E-state index is 0.114. The number of nitrogen functional groups attached to an aromatic ring is 1. The zero-order chi connectivity index (χ0) is 23.0. The molecule has 2 aromatic rings. The van der Waals surface area contributed by atoms with Crippen LogP contribution in [-0.4, -0.2) is 62.6 Å². The molecule has 13 heteroatoms. The van der Waals surface area contributed by atoms with E-state index in [9.17, 15) is 14.4 Å². The summed E-state index contributed by atoms with van der Waals surface area (Å²) in [6.07, 6.45) is -0.0281. The lowest BCUT2D eigenvalue weighted by Gasteiger charge is -2.05. The first-order chi connectivity index (χ1) is 14.7. The first kappa shape index (κ1) is 23.6. The molecule has 0 spiro atoms. The summed E-state index contributed by atoms with van der Waals surface area (Å²) in [6.45, 7) is 0.491. The quantitative estimate of drug-likeness (QED) is 0.240. The van der Waals surface area contributed by atoms with Gasteiger partial charge in [0.05, 0.1) is 0 Å². The van der Waals surface area contributed by atoms with Gasteiger partial charge in [-0.3, -0.25) is 9.59 Å². The molecule has 1 aliphatic heterocycles. The molecule has 1 aliphatic rings. The van der Waals surface area contributed by atoms with E-state index in [1.54, 1.807) is 12.1 Å². The Kier molecular flexibility index (Phi) is 8.28. The van der Waals surface area contributed by atoms with E-state index in [1.165, 1.54) is 17.5 Å². The largest absolute Gasteiger partial charge is 0.508 e.